The van der Waals surface area contributed by atoms with Crippen molar-refractivity contribution in [3.05, 3.63) is 23.3 Å². The fraction of sp³-hybridized carbons (Fsp3) is 0.562. The third kappa shape index (κ3) is 4.11. The van der Waals surface area contributed by atoms with Crippen LogP contribution >= 0.6 is 0 Å². The Labute approximate surface area is 125 Å². The van der Waals surface area contributed by atoms with E-state index in [1.54, 1.807) is 14.0 Å². The Bertz CT molecular complexity index is 501. The first-order valence-electron chi connectivity index (χ1n) is 7.37. The number of fused-ring (bicyclic) bond motifs is 1. The lowest BCUT2D eigenvalue weighted by Crippen LogP contribution is -2.19. The molecular formula is C16H23NO4. The highest BCUT2D eigenvalue weighted by Crippen LogP contribution is 2.34. The smallest absolute Gasteiger partial charge is 0.305 e. The Balaban J connectivity index is 1.90. The van der Waals surface area contributed by atoms with Gasteiger partial charge in [-0.3, -0.25) is 4.79 Å². The molecule has 5 nitrogen and oxygen atoms in total. The molecule has 0 aromatic heterocycles. The van der Waals surface area contributed by atoms with Crippen LogP contribution in [0, 0.1) is 0 Å². The summed E-state index contributed by atoms with van der Waals surface area (Å²) in [4.78, 5) is 11.2. The van der Waals surface area contributed by atoms with Gasteiger partial charge in [0.25, 0.3) is 0 Å². The number of carbonyl (C=O) groups excluding carboxylic acids is 1. The highest BCUT2D eigenvalue weighted by molar-refractivity contribution is 5.69. The first-order chi connectivity index (χ1) is 10.1. The van der Waals surface area contributed by atoms with Crippen molar-refractivity contribution < 1.29 is 19.0 Å². The van der Waals surface area contributed by atoms with E-state index in [4.69, 9.17) is 19.9 Å². The van der Waals surface area contributed by atoms with Crippen molar-refractivity contribution in [3.63, 3.8) is 0 Å². The molecule has 0 saturated heterocycles. The Morgan fingerprint density at radius 3 is 2.90 bits per heavy atom. The van der Waals surface area contributed by atoms with Crippen LogP contribution in [0.25, 0.3) is 0 Å². The van der Waals surface area contributed by atoms with Gasteiger partial charge in [0.1, 0.15) is 11.5 Å². The molecule has 21 heavy (non-hydrogen) atoms. The van der Waals surface area contributed by atoms with Gasteiger partial charge in [-0.1, -0.05) is 0 Å². The highest BCUT2D eigenvalue weighted by Gasteiger charge is 2.23. The zero-order valence-electron chi connectivity index (χ0n) is 12.7. The molecule has 1 aliphatic carbocycles. The summed E-state index contributed by atoms with van der Waals surface area (Å²) < 4.78 is 16.0. The molecule has 0 amide bonds. The number of hydrogen-bond donors (Lipinski definition) is 1. The topological polar surface area (TPSA) is 70.8 Å². The van der Waals surface area contributed by atoms with Crippen molar-refractivity contribution >= 4 is 5.97 Å². The van der Waals surface area contributed by atoms with E-state index in [0.29, 0.717) is 26.1 Å². The second kappa shape index (κ2) is 7.31. The molecule has 2 rings (SSSR count). The minimum absolute atomic E-state index is 0.160. The van der Waals surface area contributed by atoms with Gasteiger partial charge in [-0.05, 0) is 43.4 Å². The van der Waals surface area contributed by atoms with Crippen LogP contribution in [0.1, 0.15) is 30.9 Å². The molecule has 5 heteroatoms. The van der Waals surface area contributed by atoms with Gasteiger partial charge in [0.2, 0.25) is 0 Å². The van der Waals surface area contributed by atoms with E-state index < -0.39 is 0 Å². The molecule has 1 aliphatic rings. The second-order valence-electron chi connectivity index (χ2n) is 5.19. The molecule has 1 unspecified atom stereocenters. The molecular weight excluding hydrogens is 270 g/mol. The van der Waals surface area contributed by atoms with E-state index >= 15 is 0 Å². The molecule has 0 saturated carbocycles. The standard InChI is InChI=1S/C16H23NO4/c1-3-20-16(18)5-4-6-21-13-8-11-7-12(17)9-14(11)15(10-13)19-2/h8,10,12H,3-7,9,17H2,1-2H3. The predicted molar refractivity (Wildman–Crippen MR) is 79.7 cm³/mol. The maximum Gasteiger partial charge on any atom is 0.305 e. The van der Waals surface area contributed by atoms with Crippen LogP contribution in [0.3, 0.4) is 0 Å². The highest BCUT2D eigenvalue weighted by atomic mass is 16.5. The lowest BCUT2D eigenvalue weighted by atomic mass is 10.1. The Morgan fingerprint density at radius 1 is 1.38 bits per heavy atom. The van der Waals surface area contributed by atoms with E-state index in [9.17, 15) is 4.79 Å². The average Bonchev–Trinajstić information content (AvgIpc) is 2.83. The predicted octanol–water partition coefficient (Wildman–Crippen LogP) is 1.84. The van der Waals surface area contributed by atoms with Gasteiger partial charge in [0.15, 0.2) is 0 Å². The lowest BCUT2D eigenvalue weighted by Gasteiger charge is -2.12. The second-order valence-corrected chi connectivity index (χ2v) is 5.19. The van der Waals surface area contributed by atoms with Gasteiger partial charge in [0, 0.05) is 18.5 Å². The van der Waals surface area contributed by atoms with Crippen LogP contribution in [-0.2, 0) is 22.4 Å². The molecule has 116 valence electrons. The maximum absolute atomic E-state index is 11.2. The zero-order chi connectivity index (χ0) is 15.2. The largest absolute Gasteiger partial charge is 0.496 e. The first-order valence-corrected chi connectivity index (χ1v) is 7.37. The number of esters is 1. The normalized spacial score (nSPS) is 16.4. The van der Waals surface area contributed by atoms with Gasteiger partial charge < -0.3 is 19.9 Å². The number of benzene rings is 1. The van der Waals surface area contributed by atoms with Gasteiger partial charge >= 0.3 is 5.97 Å². The van der Waals surface area contributed by atoms with Crippen LogP contribution in [0.5, 0.6) is 11.5 Å². The molecule has 1 aromatic rings. The molecule has 1 aromatic carbocycles. The first kappa shape index (κ1) is 15.6. The number of nitrogens with two attached hydrogens (primary N) is 1. The minimum Gasteiger partial charge on any atom is -0.496 e. The summed E-state index contributed by atoms with van der Waals surface area (Å²) in [6, 6.07) is 4.07. The Kier molecular flexibility index (Phi) is 5.44. The summed E-state index contributed by atoms with van der Waals surface area (Å²) in [7, 11) is 1.66. The summed E-state index contributed by atoms with van der Waals surface area (Å²) in [5.41, 5.74) is 8.38. The minimum atomic E-state index is -0.182. The monoisotopic (exact) mass is 293 g/mol. The molecule has 0 bridgehead atoms. The summed E-state index contributed by atoms with van der Waals surface area (Å²) in [6.07, 6.45) is 2.71. The number of methoxy groups -OCH3 is 1. The molecule has 0 fully saturated rings. The van der Waals surface area contributed by atoms with Gasteiger partial charge in [0.05, 0.1) is 20.3 Å². The van der Waals surface area contributed by atoms with E-state index in [-0.39, 0.29) is 12.0 Å². The van der Waals surface area contributed by atoms with Gasteiger partial charge in [-0.25, -0.2) is 0 Å². The fourth-order valence-corrected chi connectivity index (χ4v) is 2.61. The summed E-state index contributed by atoms with van der Waals surface area (Å²) in [5.74, 6) is 1.42. The van der Waals surface area contributed by atoms with Crippen molar-refractivity contribution in [2.24, 2.45) is 5.73 Å². The number of hydrogen-bond acceptors (Lipinski definition) is 5. The Morgan fingerprint density at radius 2 is 2.19 bits per heavy atom. The maximum atomic E-state index is 11.2. The van der Waals surface area contributed by atoms with Crippen molar-refractivity contribution in [1.29, 1.82) is 0 Å². The summed E-state index contributed by atoms with van der Waals surface area (Å²) in [5, 5.41) is 0. The summed E-state index contributed by atoms with van der Waals surface area (Å²) in [6.45, 7) is 2.70. The van der Waals surface area contributed by atoms with E-state index in [0.717, 1.165) is 24.3 Å². The molecule has 0 aliphatic heterocycles. The lowest BCUT2D eigenvalue weighted by molar-refractivity contribution is -0.143. The van der Waals surface area contributed by atoms with Crippen molar-refractivity contribution in [3.8, 4) is 11.5 Å². The quantitative estimate of drug-likeness (QED) is 0.613. The fourth-order valence-electron chi connectivity index (χ4n) is 2.61. The van der Waals surface area contributed by atoms with Crippen LogP contribution in [0.4, 0.5) is 0 Å². The van der Waals surface area contributed by atoms with Gasteiger partial charge in [-0.2, -0.15) is 0 Å². The zero-order valence-corrected chi connectivity index (χ0v) is 12.7. The molecule has 0 radical (unpaired) electrons. The van der Waals surface area contributed by atoms with Crippen LogP contribution in [0.2, 0.25) is 0 Å². The van der Waals surface area contributed by atoms with Crippen LogP contribution in [0.15, 0.2) is 12.1 Å². The van der Waals surface area contributed by atoms with Crippen LogP contribution in [-0.4, -0.2) is 32.3 Å². The number of rotatable bonds is 7. The van der Waals surface area contributed by atoms with Crippen molar-refractivity contribution in [2.45, 2.75) is 38.6 Å². The molecule has 2 N–H and O–H groups in total. The third-order valence-electron chi connectivity index (χ3n) is 3.54. The molecule has 0 spiro atoms. The summed E-state index contributed by atoms with van der Waals surface area (Å²) >= 11 is 0. The average molecular weight is 293 g/mol. The van der Waals surface area contributed by atoms with Crippen molar-refractivity contribution in [1.82, 2.24) is 0 Å². The number of ether oxygens (including phenoxy) is 3. The SMILES string of the molecule is CCOC(=O)CCCOc1cc2c(c(OC)c1)CC(N)C2. The van der Waals surface area contributed by atoms with Crippen LogP contribution < -0.4 is 15.2 Å². The molecule has 0 heterocycles. The molecule has 1 atom stereocenters. The third-order valence-corrected chi connectivity index (χ3v) is 3.54. The number of carbonyl (C=O) groups is 1. The Hall–Kier alpha value is -1.75. The van der Waals surface area contributed by atoms with E-state index in [1.807, 2.05) is 12.1 Å². The van der Waals surface area contributed by atoms with E-state index in [1.165, 1.54) is 11.1 Å². The van der Waals surface area contributed by atoms with Crippen molar-refractivity contribution in [2.75, 3.05) is 20.3 Å². The van der Waals surface area contributed by atoms with E-state index in [2.05, 4.69) is 0 Å². The van der Waals surface area contributed by atoms with Gasteiger partial charge in [-0.15, -0.1) is 0 Å².